The van der Waals surface area contributed by atoms with Crippen LogP contribution in [0.1, 0.15) is 23.2 Å². The Bertz CT molecular complexity index is 421. The van der Waals surface area contributed by atoms with Crippen LogP contribution < -0.4 is 10.8 Å². The third-order valence-electron chi connectivity index (χ3n) is 2.45. The Kier molecular flexibility index (Phi) is 3.19. The highest BCUT2D eigenvalue weighted by molar-refractivity contribution is 6.59. The largest absolute Gasteiger partial charge is 0.488 e. The van der Waals surface area contributed by atoms with Crippen LogP contribution in [-0.4, -0.2) is 29.1 Å². The Morgan fingerprint density at radius 1 is 1.44 bits per heavy atom. The summed E-state index contributed by atoms with van der Waals surface area (Å²) in [5, 5.41) is 20.9. The van der Waals surface area contributed by atoms with Crippen molar-refractivity contribution in [3.05, 3.63) is 28.8 Å². The van der Waals surface area contributed by atoms with E-state index in [9.17, 15) is 4.79 Å². The highest BCUT2D eigenvalue weighted by Gasteiger charge is 2.25. The second-order valence-electron chi connectivity index (χ2n) is 3.86. The average Bonchev–Trinajstić information content (AvgIpc) is 3.01. The van der Waals surface area contributed by atoms with Crippen LogP contribution >= 0.6 is 11.6 Å². The van der Waals surface area contributed by atoms with E-state index in [0.717, 1.165) is 12.8 Å². The van der Waals surface area contributed by atoms with Gasteiger partial charge in [-0.05, 0) is 30.4 Å². The topological polar surface area (TPSA) is 69.6 Å². The van der Waals surface area contributed by atoms with E-state index in [1.54, 1.807) is 0 Å². The van der Waals surface area contributed by atoms with Gasteiger partial charge in [-0.15, -0.1) is 0 Å². The second-order valence-corrected chi connectivity index (χ2v) is 4.27. The predicted molar refractivity (Wildman–Crippen MR) is 61.8 cm³/mol. The van der Waals surface area contributed by atoms with E-state index in [1.165, 1.54) is 18.2 Å². The number of carbonyl (C=O) groups excluding carboxylic acids is 1. The molecule has 0 saturated heterocycles. The maximum absolute atomic E-state index is 11.7. The minimum atomic E-state index is -1.57. The van der Waals surface area contributed by atoms with Gasteiger partial charge in [0.15, 0.2) is 0 Å². The van der Waals surface area contributed by atoms with Crippen LogP contribution in [0, 0.1) is 0 Å². The first-order valence-electron chi connectivity index (χ1n) is 5.04. The first-order chi connectivity index (χ1) is 7.58. The van der Waals surface area contributed by atoms with Crippen molar-refractivity contribution in [1.29, 1.82) is 0 Å². The zero-order valence-electron chi connectivity index (χ0n) is 8.48. The number of carbonyl (C=O) groups is 1. The minimum absolute atomic E-state index is 0.216. The van der Waals surface area contributed by atoms with Crippen LogP contribution in [0.2, 0.25) is 5.02 Å². The molecule has 1 fully saturated rings. The molecule has 2 rings (SSSR count). The maximum atomic E-state index is 11.7. The lowest BCUT2D eigenvalue weighted by atomic mass is 9.80. The van der Waals surface area contributed by atoms with E-state index >= 15 is 0 Å². The van der Waals surface area contributed by atoms with Gasteiger partial charge in [0.2, 0.25) is 0 Å². The third-order valence-corrected chi connectivity index (χ3v) is 2.76. The number of benzene rings is 1. The molecule has 0 aromatic heterocycles. The molecule has 0 heterocycles. The third kappa shape index (κ3) is 2.55. The van der Waals surface area contributed by atoms with Crippen molar-refractivity contribution >= 4 is 30.1 Å². The monoisotopic (exact) mass is 239 g/mol. The molecule has 16 heavy (non-hydrogen) atoms. The number of halogens is 1. The summed E-state index contributed by atoms with van der Waals surface area (Å²) < 4.78 is 0. The molecule has 1 amide bonds. The normalized spacial score (nSPS) is 14.7. The molecule has 4 nitrogen and oxygen atoms in total. The second kappa shape index (κ2) is 4.45. The molecular weight excluding hydrogens is 228 g/mol. The van der Waals surface area contributed by atoms with Crippen LogP contribution in [0.5, 0.6) is 0 Å². The summed E-state index contributed by atoms with van der Waals surface area (Å²) in [5.74, 6) is -0.216. The van der Waals surface area contributed by atoms with Gasteiger partial charge in [-0.2, -0.15) is 0 Å². The molecule has 84 valence electrons. The van der Waals surface area contributed by atoms with Crippen LogP contribution in [-0.2, 0) is 0 Å². The molecule has 3 N–H and O–H groups in total. The first kappa shape index (κ1) is 11.5. The van der Waals surface area contributed by atoms with Crippen molar-refractivity contribution in [3.8, 4) is 0 Å². The van der Waals surface area contributed by atoms with Gasteiger partial charge in [-0.25, -0.2) is 0 Å². The Hall–Kier alpha value is -1.04. The fraction of sp³-hybridized carbons (Fsp3) is 0.300. The van der Waals surface area contributed by atoms with Crippen molar-refractivity contribution < 1.29 is 14.8 Å². The lowest BCUT2D eigenvalue weighted by molar-refractivity contribution is 0.0951. The van der Waals surface area contributed by atoms with Crippen molar-refractivity contribution in [2.24, 2.45) is 0 Å². The van der Waals surface area contributed by atoms with E-state index in [4.69, 9.17) is 21.6 Å². The number of nitrogens with one attached hydrogen (secondary N) is 1. The molecule has 0 atom stereocenters. The molecule has 1 aromatic carbocycles. The zero-order valence-corrected chi connectivity index (χ0v) is 9.24. The standard InChI is InChI=1S/C10H11BClNO3/c12-9-5-6(11(15)16)1-4-8(9)10(14)13-7-2-3-7/h1,4-5,7,15-16H,2-3H2,(H,13,14). The van der Waals surface area contributed by atoms with Crippen LogP contribution in [0.25, 0.3) is 0 Å². The molecule has 1 aliphatic rings. The van der Waals surface area contributed by atoms with Gasteiger partial charge in [-0.3, -0.25) is 4.79 Å². The van der Waals surface area contributed by atoms with Crippen molar-refractivity contribution in [3.63, 3.8) is 0 Å². The lowest BCUT2D eigenvalue weighted by Crippen LogP contribution is -2.31. The molecule has 0 radical (unpaired) electrons. The van der Waals surface area contributed by atoms with Crippen LogP contribution in [0.3, 0.4) is 0 Å². The summed E-state index contributed by atoms with van der Waals surface area (Å²) in [5.41, 5.74) is 0.630. The van der Waals surface area contributed by atoms with Gasteiger partial charge in [0.1, 0.15) is 0 Å². The number of amides is 1. The Morgan fingerprint density at radius 2 is 2.12 bits per heavy atom. The van der Waals surface area contributed by atoms with Gasteiger partial charge in [-0.1, -0.05) is 17.7 Å². The van der Waals surface area contributed by atoms with E-state index in [1.807, 2.05) is 0 Å². The van der Waals surface area contributed by atoms with E-state index in [2.05, 4.69) is 5.32 Å². The molecular formula is C10H11BClNO3. The lowest BCUT2D eigenvalue weighted by Gasteiger charge is -2.07. The summed E-state index contributed by atoms with van der Waals surface area (Å²) in [7, 11) is -1.57. The van der Waals surface area contributed by atoms with E-state index < -0.39 is 7.12 Å². The quantitative estimate of drug-likeness (QED) is 0.646. The van der Waals surface area contributed by atoms with Gasteiger partial charge >= 0.3 is 7.12 Å². The van der Waals surface area contributed by atoms with Gasteiger partial charge < -0.3 is 15.4 Å². The molecule has 0 spiro atoms. The Balaban J connectivity index is 2.17. The molecule has 1 aliphatic carbocycles. The molecule has 0 aliphatic heterocycles. The first-order valence-corrected chi connectivity index (χ1v) is 5.42. The highest BCUT2D eigenvalue weighted by Crippen LogP contribution is 2.21. The summed E-state index contributed by atoms with van der Waals surface area (Å²) in [6, 6.07) is 4.62. The van der Waals surface area contributed by atoms with Crippen LogP contribution in [0.4, 0.5) is 0 Å². The average molecular weight is 239 g/mol. The smallest absolute Gasteiger partial charge is 0.423 e. The predicted octanol–water partition coefficient (Wildman–Crippen LogP) is -0.0880. The fourth-order valence-corrected chi connectivity index (χ4v) is 1.64. The summed E-state index contributed by atoms with van der Waals surface area (Å²) in [4.78, 5) is 11.7. The van der Waals surface area contributed by atoms with Crippen molar-refractivity contribution in [1.82, 2.24) is 5.32 Å². The number of hydrogen-bond acceptors (Lipinski definition) is 3. The molecule has 0 unspecified atom stereocenters. The van der Waals surface area contributed by atoms with Gasteiger partial charge in [0, 0.05) is 6.04 Å². The van der Waals surface area contributed by atoms with E-state index in [-0.39, 0.29) is 22.4 Å². The molecule has 6 heteroatoms. The summed E-state index contributed by atoms with van der Waals surface area (Å²) in [6.07, 6.45) is 2.02. The summed E-state index contributed by atoms with van der Waals surface area (Å²) >= 11 is 5.89. The van der Waals surface area contributed by atoms with Crippen LogP contribution in [0.15, 0.2) is 18.2 Å². The fourth-order valence-electron chi connectivity index (χ4n) is 1.37. The van der Waals surface area contributed by atoms with Crippen molar-refractivity contribution in [2.45, 2.75) is 18.9 Å². The summed E-state index contributed by atoms with van der Waals surface area (Å²) in [6.45, 7) is 0. The maximum Gasteiger partial charge on any atom is 0.488 e. The Labute approximate surface area is 98.4 Å². The highest BCUT2D eigenvalue weighted by atomic mass is 35.5. The minimum Gasteiger partial charge on any atom is -0.423 e. The number of hydrogen-bond donors (Lipinski definition) is 3. The van der Waals surface area contributed by atoms with E-state index in [0.29, 0.717) is 5.56 Å². The molecule has 1 saturated carbocycles. The number of rotatable bonds is 3. The molecule has 1 aromatic rings. The molecule has 0 bridgehead atoms. The van der Waals surface area contributed by atoms with Gasteiger partial charge in [0.05, 0.1) is 10.6 Å². The Morgan fingerprint density at radius 3 is 2.62 bits per heavy atom. The SMILES string of the molecule is O=C(NC1CC1)c1ccc(B(O)O)cc1Cl. The van der Waals surface area contributed by atoms with Gasteiger partial charge in [0.25, 0.3) is 5.91 Å². The zero-order chi connectivity index (χ0) is 11.7. The van der Waals surface area contributed by atoms with Crippen molar-refractivity contribution in [2.75, 3.05) is 0 Å².